The van der Waals surface area contributed by atoms with Crippen molar-refractivity contribution in [2.75, 3.05) is 5.88 Å². The molecule has 0 aliphatic carbocycles. The highest BCUT2D eigenvalue weighted by atomic mass is 35.5. The predicted molar refractivity (Wildman–Crippen MR) is 121 cm³/mol. The second-order valence-electron chi connectivity index (χ2n) is 7.45. The number of carbonyl (C=O) groups is 4. The molecule has 0 aliphatic rings. The van der Waals surface area contributed by atoms with Crippen LogP contribution >= 0.6 is 11.6 Å². The molecule has 0 fully saturated rings. The summed E-state index contributed by atoms with van der Waals surface area (Å²) in [7, 11) is 0. The molecule has 0 heterocycles. The summed E-state index contributed by atoms with van der Waals surface area (Å²) in [4.78, 5) is 49.8. The number of carboxylic acid groups (broad SMARTS) is 1. The van der Waals surface area contributed by atoms with Crippen LogP contribution in [0, 0.1) is 0 Å². The smallest absolute Gasteiger partial charge is 0.416 e. The molecule has 192 valence electrons. The van der Waals surface area contributed by atoms with Crippen molar-refractivity contribution >= 4 is 40.9 Å². The fourth-order valence-corrected chi connectivity index (χ4v) is 2.81. The summed E-state index contributed by atoms with van der Waals surface area (Å²) in [6.45, 7) is 3.10. The van der Waals surface area contributed by atoms with E-state index in [4.69, 9.17) is 16.3 Å². The van der Waals surface area contributed by atoms with Crippen LogP contribution in [-0.4, -0.2) is 46.4 Å². The highest BCUT2D eigenvalue weighted by molar-refractivity contribution is 6.27. The molecule has 2 atom stereocenters. The van der Waals surface area contributed by atoms with Crippen molar-refractivity contribution in [2.45, 2.75) is 38.2 Å². The van der Waals surface area contributed by atoms with Crippen molar-refractivity contribution in [3.8, 4) is 0 Å². The third-order valence-electron chi connectivity index (χ3n) is 4.84. The van der Waals surface area contributed by atoms with E-state index in [9.17, 15) is 37.5 Å². The number of amides is 1. The molecule has 9 nitrogen and oxygen atoms in total. The zero-order valence-corrected chi connectivity index (χ0v) is 19.8. The quantitative estimate of drug-likeness (QED) is 0.154. The van der Waals surface area contributed by atoms with E-state index in [1.54, 1.807) is 13.0 Å². The van der Waals surface area contributed by atoms with E-state index < -0.39 is 64.3 Å². The van der Waals surface area contributed by atoms with Crippen LogP contribution in [0.5, 0.6) is 0 Å². The number of esters is 1. The highest BCUT2D eigenvalue weighted by Crippen LogP contribution is 2.34. The van der Waals surface area contributed by atoms with Crippen LogP contribution in [0.2, 0.25) is 0 Å². The number of hydrogen-bond acceptors (Lipinski definition) is 7. The molecule has 0 aliphatic heterocycles. The first kappa shape index (κ1) is 28.4. The Morgan fingerprint density at radius 2 is 1.75 bits per heavy atom. The maximum absolute atomic E-state index is 13.3. The number of aliphatic carboxylic acids is 1. The molecule has 0 aromatic heterocycles. The van der Waals surface area contributed by atoms with Gasteiger partial charge in [0, 0.05) is 5.56 Å². The molecular formula is C23H21ClF3N3O6. The van der Waals surface area contributed by atoms with Gasteiger partial charge in [0.25, 0.3) is 0 Å². The minimum Gasteiger partial charge on any atom is -0.478 e. The second kappa shape index (κ2) is 11.8. The van der Waals surface area contributed by atoms with Crippen LogP contribution in [0.15, 0.2) is 58.8 Å². The lowest BCUT2D eigenvalue weighted by Gasteiger charge is -2.24. The molecule has 1 amide bonds. The Kier molecular flexibility index (Phi) is 9.29. The van der Waals surface area contributed by atoms with Crippen molar-refractivity contribution in [1.29, 1.82) is 0 Å². The van der Waals surface area contributed by atoms with Gasteiger partial charge in [0.05, 0.1) is 22.9 Å². The highest BCUT2D eigenvalue weighted by Gasteiger charge is 2.51. The van der Waals surface area contributed by atoms with Gasteiger partial charge < -0.3 is 15.2 Å². The van der Waals surface area contributed by atoms with Gasteiger partial charge >= 0.3 is 23.8 Å². The number of rotatable bonds is 10. The number of ketones is 1. The van der Waals surface area contributed by atoms with E-state index >= 15 is 0 Å². The first-order chi connectivity index (χ1) is 16.9. The molecule has 2 aromatic carbocycles. The molecule has 2 rings (SSSR count). The van der Waals surface area contributed by atoms with Gasteiger partial charge in [0.1, 0.15) is 5.88 Å². The van der Waals surface area contributed by atoms with E-state index in [1.807, 2.05) is 5.32 Å². The van der Waals surface area contributed by atoms with Crippen LogP contribution in [-0.2, 0) is 25.3 Å². The van der Waals surface area contributed by atoms with Crippen LogP contribution < -0.4 is 5.32 Å². The van der Waals surface area contributed by atoms with Crippen molar-refractivity contribution in [3.05, 3.63) is 65.2 Å². The standard InChI is InChI=1S/C23H21ClF3N3O6/c1-3-13(2)36-21(35)22(20(33)34,28-18(31)12-24)30-29-17-10-9-15(23(25,26)27)11-16(17)19(32)14-7-5-4-6-8-14/h4-11,13H,3,12H2,1-2H3,(H,28,31)(H,33,34). The Morgan fingerprint density at radius 3 is 2.28 bits per heavy atom. The first-order valence-corrected chi connectivity index (χ1v) is 10.9. The van der Waals surface area contributed by atoms with Gasteiger partial charge in [-0.3, -0.25) is 9.59 Å². The number of hydrogen-bond donors (Lipinski definition) is 2. The Balaban J connectivity index is 2.69. The van der Waals surface area contributed by atoms with Crippen molar-refractivity contribution in [2.24, 2.45) is 10.2 Å². The number of benzene rings is 2. The van der Waals surface area contributed by atoms with E-state index in [2.05, 4.69) is 10.2 Å². The van der Waals surface area contributed by atoms with Gasteiger partial charge in [-0.05, 0) is 31.5 Å². The molecule has 0 spiro atoms. The maximum atomic E-state index is 13.3. The Bertz CT molecular complexity index is 1170. The van der Waals surface area contributed by atoms with E-state index in [0.29, 0.717) is 12.1 Å². The van der Waals surface area contributed by atoms with Crippen LogP contribution in [0.4, 0.5) is 18.9 Å². The summed E-state index contributed by atoms with van der Waals surface area (Å²) in [5.41, 5.74) is -5.33. The van der Waals surface area contributed by atoms with Crippen molar-refractivity contribution < 1.29 is 42.2 Å². The third kappa shape index (κ3) is 6.66. The fourth-order valence-electron chi connectivity index (χ4n) is 2.74. The number of carbonyl (C=O) groups excluding carboxylic acids is 3. The zero-order valence-electron chi connectivity index (χ0n) is 19.0. The van der Waals surface area contributed by atoms with E-state index in [0.717, 1.165) is 6.07 Å². The molecule has 2 aromatic rings. The van der Waals surface area contributed by atoms with Gasteiger partial charge in [-0.1, -0.05) is 37.3 Å². The number of nitrogens with zero attached hydrogens (tertiary/aromatic N) is 2. The van der Waals surface area contributed by atoms with Gasteiger partial charge in [0.15, 0.2) is 5.78 Å². The average Bonchev–Trinajstić information content (AvgIpc) is 2.85. The van der Waals surface area contributed by atoms with Crippen molar-refractivity contribution in [3.63, 3.8) is 0 Å². The molecule has 2 unspecified atom stereocenters. The lowest BCUT2D eigenvalue weighted by atomic mass is 9.99. The topological polar surface area (TPSA) is 134 Å². The number of halogens is 4. The summed E-state index contributed by atoms with van der Waals surface area (Å²) >= 11 is 5.43. The number of nitrogens with one attached hydrogen (secondary N) is 1. The largest absolute Gasteiger partial charge is 0.478 e. The number of azo groups is 1. The molecule has 13 heteroatoms. The number of alkyl halides is 4. The lowest BCUT2D eigenvalue weighted by Crippen LogP contribution is -2.60. The summed E-state index contributed by atoms with van der Waals surface area (Å²) < 4.78 is 45.0. The minimum absolute atomic E-state index is 0.0180. The first-order valence-electron chi connectivity index (χ1n) is 10.4. The molecule has 0 saturated carbocycles. The summed E-state index contributed by atoms with van der Waals surface area (Å²) in [5, 5.41) is 18.7. The number of carboxylic acids is 1. The molecule has 36 heavy (non-hydrogen) atoms. The van der Waals surface area contributed by atoms with Crippen LogP contribution in [0.3, 0.4) is 0 Å². The average molecular weight is 528 g/mol. The van der Waals surface area contributed by atoms with Gasteiger partial charge in [0.2, 0.25) is 5.91 Å². The SMILES string of the molecule is CCC(C)OC(=O)C(N=Nc1ccc(C(F)(F)F)cc1C(=O)c1ccccc1)(NC(=O)CCl)C(=O)O. The second-order valence-corrected chi connectivity index (χ2v) is 7.71. The van der Waals surface area contributed by atoms with Crippen molar-refractivity contribution in [1.82, 2.24) is 5.32 Å². The Labute approximate surface area is 208 Å². The monoisotopic (exact) mass is 527 g/mol. The molecule has 2 N–H and O–H groups in total. The minimum atomic E-state index is -4.80. The molecule has 0 bridgehead atoms. The van der Waals surface area contributed by atoms with E-state index in [1.165, 1.54) is 31.2 Å². The number of ether oxygens (including phenoxy) is 1. The third-order valence-corrected chi connectivity index (χ3v) is 5.08. The molecule has 0 radical (unpaired) electrons. The van der Waals surface area contributed by atoms with Gasteiger partial charge in [-0.15, -0.1) is 16.7 Å². The molecular weight excluding hydrogens is 507 g/mol. The normalized spacial score (nSPS) is 14.1. The summed E-state index contributed by atoms with van der Waals surface area (Å²) in [6, 6.07) is 9.21. The van der Waals surface area contributed by atoms with Crippen LogP contribution in [0.1, 0.15) is 41.8 Å². The van der Waals surface area contributed by atoms with Gasteiger partial charge in [-0.25, -0.2) is 9.59 Å². The lowest BCUT2D eigenvalue weighted by molar-refractivity contribution is -0.168. The predicted octanol–water partition coefficient (Wildman–Crippen LogP) is 4.50. The van der Waals surface area contributed by atoms with E-state index in [-0.39, 0.29) is 12.0 Å². The van der Waals surface area contributed by atoms with Crippen LogP contribution in [0.25, 0.3) is 0 Å². The van der Waals surface area contributed by atoms with Gasteiger partial charge in [-0.2, -0.15) is 18.3 Å². The summed E-state index contributed by atoms with van der Waals surface area (Å²) in [6.07, 6.45) is -5.29. The fraction of sp³-hybridized carbons (Fsp3) is 0.304. The molecule has 0 saturated heterocycles. The zero-order chi connectivity index (χ0) is 27.1. The Morgan fingerprint density at radius 1 is 1.11 bits per heavy atom. The Hall–Kier alpha value is -3.80. The maximum Gasteiger partial charge on any atom is 0.416 e. The summed E-state index contributed by atoms with van der Waals surface area (Å²) in [5.74, 6) is -6.26.